The minimum absolute atomic E-state index is 0.172. The van der Waals surface area contributed by atoms with Crippen LogP contribution in [0.2, 0.25) is 15.5 Å². The van der Waals surface area contributed by atoms with Crippen molar-refractivity contribution in [2.45, 2.75) is 108 Å². The Morgan fingerprint density at radius 1 is 0.537 bits per heavy atom. The van der Waals surface area contributed by atoms with Crippen LogP contribution in [-0.2, 0) is 20.3 Å². The summed E-state index contributed by atoms with van der Waals surface area (Å²) in [6, 6.07) is 7.65. The van der Waals surface area contributed by atoms with E-state index in [0.717, 1.165) is 40.6 Å². The van der Waals surface area contributed by atoms with Gasteiger partial charge in [0.25, 0.3) is 0 Å². The predicted molar refractivity (Wildman–Crippen MR) is 167 cm³/mol. The van der Waals surface area contributed by atoms with E-state index < -0.39 is 20.3 Å². The molecule has 41 heavy (non-hydrogen) atoms. The molecule has 5 aliphatic rings. The fourth-order valence-electron chi connectivity index (χ4n) is 8.02. The van der Waals surface area contributed by atoms with Gasteiger partial charge in [0, 0.05) is 0 Å². The number of benzene rings is 2. The molecule has 0 saturated carbocycles. The minimum Gasteiger partial charge on any atom is -0.872 e. The van der Waals surface area contributed by atoms with E-state index >= 15 is 0 Å². The molecule has 1 fully saturated rings. The number of allylic oxidation sites excluding steroid dienone is 8. The molecule has 2 aromatic carbocycles. The summed E-state index contributed by atoms with van der Waals surface area (Å²) in [5, 5.41) is 22.2. The summed E-state index contributed by atoms with van der Waals surface area (Å²) in [5.41, 5.74) is 13.1. The zero-order chi connectivity index (χ0) is 29.3. The Morgan fingerprint density at radius 2 is 0.878 bits per heavy atom. The molecule has 0 spiro atoms. The van der Waals surface area contributed by atoms with Crippen molar-refractivity contribution in [3.05, 3.63) is 104 Å². The van der Waals surface area contributed by atoms with E-state index in [-0.39, 0.29) is 11.5 Å². The molecular formula is C38H48O2Zr. The van der Waals surface area contributed by atoms with Gasteiger partial charge in [0.2, 0.25) is 0 Å². The van der Waals surface area contributed by atoms with Gasteiger partial charge in [-0.05, 0) is 41.5 Å². The van der Waals surface area contributed by atoms with Gasteiger partial charge in [-0.2, -0.15) is 0 Å². The molecule has 0 aromatic heterocycles. The summed E-state index contributed by atoms with van der Waals surface area (Å²) in [6.07, 6.45) is 21.9. The second-order valence-corrected chi connectivity index (χ2v) is 25.0. The van der Waals surface area contributed by atoms with E-state index in [2.05, 4.69) is 24.3 Å². The predicted octanol–water partition coefficient (Wildman–Crippen LogP) is 9.82. The molecule has 2 aromatic rings. The van der Waals surface area contributed by atoms with E-state index in [1.807, 2.05) is 77.0 Å². The first-order chi connectivity index (χ1) is 19.6. The molecule has 0 amide bonds. The fraction of sp³-hybridized carbons (Fsp3) is 0.474. The van der Waals surface area contributed by atoms with Crippen LogP contribution < -0.4 is 10.2 Å². The van der Waals surface area contributed by atoms with E-state index in [1.54, 1.807) is 19.4 Å². The van der Waals surface area contributed by atoms with Gasteiger partial charge in [0.15, 0.2) is 0 Å². The SMILES string of the molecule is C1=C[CH]([Zr+2]2([CH]3C=CC4=C3CCCC4)[CH2][CH2]2)C2=C1CCCC2.Cc1cc(C)c([O-])c(C)c1.Cc1cc(C)c([O-])c(C)c1. The van der Waals surface area contributed by atoms with E-state index in [9.17, 15) is 10.2 Å². The van der Waals surface area contributed by atoms with Crippen LogP contribution >= 0.6 is 0 Å². The Labute approximate surface area is 253 Å². The molecule has 1 saturated heterocycles. The molecule has 4 aliphatic carbocycles. The quantitative estimate of drug-likeness (QED) is 0.333. The van der Waals surface area contributed by atoms with Gasteiger partial charge in [-0.25, -0.2) is 0 Å². The van der Waals surface area contributed by atoms with Crippen LogP contribution in [0, 0.1) is 41.5 Å². The maximum absolute atomic E-state index is 11.1. The first-order valence-electron chi connectivity index (χ1n) is 15.9. The van der Waals surface area contributed by atoms with Crippen molar-refractivity contribution in [2.75, 3.05) is 0 Å². The summed E-state index contributed by atoms with van der Waals surface area (Å²) >= 11 is -1.96. The summed E-state index contributed by atoms with van der Waals surface area (Å²) in [6.45, 7) is 11.4. The fourth-order valence-corrected chi connectivity index (χ4v) is 24.3. The first-order valence-corrected chi connectivity index (χ1v) is 22.2. The average Bonchev–Trinajstić information content (AvgIpc) is 3.42. The zero-order valence-electron chi connectivity index (χ0n) is 26.2. The van der Waals surface area contributed by atoms with Crippen molar-refractivity contribution in [2.24, 2.45) is 0 Å². The molecular weight excluding hydrogens is 580 g/mol. The van der Waals surface area contributed by atoms with Crippen LogP contribution in [0.3, 0.4) is 0 Å². The van der Waals surface area contributed by atoms with Crippen LogP contribution in [-0.4, -0.2) is 0 Å². The molecule has 2 unspecified atom stereocenters. The normalized spacial score (nSPS) is 22.6. The molecule has 7 rings (SSSR count). The second-order valence-electron chi connectivity index (χ2n) is 13.4. The summed E-state index contributed by atoms with van der Waals surface area (Å²) < 4.78 is 5.34. The number of hydrogen-bond donors (Lipinski definition) is 0. The third-order valence-corrected chi connectivity index (χ3v) is 22.9. The Balaban J connectivity index is 0.000000142. The smallest absolute Gasteiger partial charge is 0.0398 e. The second kappa shape index (κ2) is 12.6. The van der Waals surface area contributed by atoms with E-state index in [0.29, 0.717) is 0 Å². The summed E-state index contributed by atoms with van der Waals surface area (Å²) in [7, 11) is 0. The summed E-state index contributed by atoms with van der Waals surface area (Å²) in [4.78, 5) is 0. The number of rotatable bonds is 2. The molecule has 216 valence electrons. The van der Waals surface area contributed by atoms with Gasteiger partial charge in [-0.15, -0.1) is 11.5 Å². The van der Waals surface area contributed by atoms with Gasteiger partial charge in [-0.1, -0.05) is 57.6 Å². The average molecular weight is 628 g/mol. The molecule has 2 nitrogen and oxygen atoms in total. The van der Waals surface area contributed by atoms with Crippen molar-refractivity contribution in [1.29, 1.82) is 0 Å². The van der Waals surface area contributed by atoms with Crippen molar-refractivity contribution in [3.8, 4) is 11.5 Å². The van der Waals surface area contributed by atoms with Gasteiger partial charge in [0.1, 0.15) is 0 Å². The minimum atomic E-state index is -1.96. The Morgan fingerprint density at radius 3 is 1.22 bits per heavy atom. The third kappa shape index (κ3) is 6.46. The van der Waals surface area contributed by atoms with Gasteiger partial charge < -0.3 is 10.2 Å². The first kappa shape index (κ1) is 30.3. The maximum atomic E-state index is 11.1. The number of aryl methyl sites for hydroxylation is 6. The van der Waals surface area contributed by atoms with Gasteiger partial charge >= 0.3 is 134 Å². The molecule has 0 N–H and O–H groups in total. The van der Waals surface area contributed by atoms with Crippen LogP contribution in [0.5, 0.6) is 11.5 Å². The van der Waals surface area contributed by atoms with Crippen molar-refractivity contribution in [3.63, 3.8) is 0 Å². The standard InChI is InChI=1S/2C9H12O.2C9H11.C2H4.Zr/c2*1-6-4-7(2)9(10)8(3)5-6;2*1-2-5-9-7-3-6-8(9)4-1;1-2;/h2*4-5,10H,1-3H3;2*3,6-7H,1-2,4-5H2;1-2H2;/q;;;;;+2/p-2. The topological polar surface area (TPSA) is 46.1 Å². The van der Waals surface area contributed by atoms with Crippen LogP contribution in [0.15, 0.2) is 70.9 Å². The number of hydrogen-bond acceptors (Lipinski definition) is 2. The van der Waals surface area contributed by atoms with Crippen LogP contribution in [0.1, 0.15) is 84.7 Å². The zero-order valence-corrected chi connectivity index (χ0v) is 28.6. The van der Waals surface area contributed by atoms with Gasteiger partial charge in [-0.3, -0.25) is 0 Å². The molecule has 0 bridgehead atoms. The maximum Gasteiger partial charge on any atom is -0.0398 e. The molecule has 3 heteroatoms. The third-order valence-electron chi connectivity index (χ3n) is 10.1. The van der Waals surface area contributed by atoms with Gasteiger partial charge in [0.05, 0.1) is 0 Å². The Hall–Kier alpha value is -2.12. The van der Waals surface area contributed by atoms with Crippen molar-refractivity contribution >= 4 is 0 Å². The largest absolute Gasteiger partial charge is 0.872 e. The van der Waals surface area contributed by atoms with E-state index in [4.69, 9.17) is 0 Å². The molecule has 0 radical (unpaired) electrons. The Bertz CT molecular complexity index is 1280. The summed E-state index contributed by atoms with van der Waals surface area (Å²) in [5.74, 6) is 0.344. The monoisotopic (exact) mass is 626 g/mol. The van der Waals surface area contributed by atoms with Crippen molar-refractivity contribution in [1.82, 2.24) is 0 Å². The van der Waals surface area contributed by atoms with E-state index in [1.165, 1.54) is 51.4 Å². The molecule has 1 heterocycles. The molecule has 2 atom stereocenters. The van der Waals surface area contributed by atoms with Crippen molar-refractivity contribution < 1.29 is 30.5 Å². The van der Waals surface area contributed by atoms with Crippen LogP contribution in [0.4, 0.5) is 0 Å². The van der Waals surface area contributed by atoms with Crippen LogP contribution in [0.25, 0.3) is 0 Å². The Kier molecular flexibility index (Phi) is 9.35. The molecule has 1 aliphatic heterocycles.